The largest absolute Gasteiger partial charge is 0.493 e. The maximum atomic E-state index is 11.9. The first-order valence-corrected chi connectivity index (χ1v) is 7.28. The number of ether oxygens (including phenoxy) is 2. The molecule has 0 atom stereocenters. The number of hydrogen-bond acceptors (Lipinski definition) is 5. The van der Waals surface area contributed by atoms with Gasteiger partial charge in [0, 0.05) is 24.2 Å². The van der Waals surface area contributed by atoms with E-state index in [-0.39, 0.29) is 24.7 Å². The molecule has 1 aromatic carbocycles. The first kappa shape index (κ1) is 18.3. The van der Waals surface area contributed by atoms with Crippen molar-refractivity contribution in [2.45, 2.75) is 32.9 Å². The summed E-state index contributed by atoms with van der Waals surface area (Å²) in [6.45, 7) is 6.74. The highest BCUT2D eigenvalue weighted by Crippen LogP contribution is 2.31. The number of nitrogens with one attached hydrogen (secondary N) is 2. The van der Waals surface area contributed by atoms with Gasteiger partial charge in [-0.1, -0.05) is 12.1 Å². The Kier molecular flexibility index (Phi) is 7.14. The van der Waals surface area contributed by atoms with Gasteiger partial charge in [-0.2, -0.15) is 0 Å². The fourth-order valence-electron chi connectivity index (χ4n) is 1.92. The minimum Gasteiger partial charge on any atom is -0.493 e. The van der Waals surface area contributed by atoms with Gasteiger partial charge in [-0.25, -0.2) is 0 Å². The molecule has 124 valence electrons. The maximum Gasteiger partial charge on any atom is 0.258 e. The Morgan fingerprint density at radius 2 is 2.05 bits per heavy atom. The van der Waals surface area contributed by atoms with E-state index in [1.54, 1.807) is 13.2 Å². The van der Waals surface area contributed by atoms with E-state index in [9.17, 15) is 4.79 Å². The molecule has 0 aliphatic rings. The van der Waals surface area contributed by atoms with Crippen LogP contribution in [-0.2, 0) is 11.3 Å². The van der Waals surface area contributed by atoms with Crippen LogP contribution in [0.15, 0.2) is 18.2 Å². The van der Waals surface area contributed by atoms with Crippen molar-refractivity contribution in [1.82, 2.24) is 10.6 Å². The van der Waals surface area contributed by atoms with Crippen molar-refractivity contribution in [3.05, 3.63) is 23.8 Å². The summed E-state index contributed by atoms with van der Waals surface area (Å²) in [4.78, 5) is 11.9. The minimum atomic E-state index is -0.299. The molecule has 0 bridgehead atoms. The molecule has 0 saturated carbocycles. The lowest BCUT2D eigenvalue weighted by Crippen LogP contribution is -2.43. The van der Waals surface area contributed by atoms with Crippen LogP contribution in [0.4, 0.5) is 0 Å². The summed E-state index contributed by atoms with van der Waals surface area (Å²) in [6, 6.07) is 5.54. The van der Waals surface area contributed by atoms with Crippen LogP contribution >= 0.6 is 0 Å². The van der Waals surface area contributed by atoms with Crippen molar-refractivity contribution in [2.75, 3.05) is 26.9 Å². The lowest BCUT2D eigenvalue weighted by molar-refractivity contribution is -0.124. The minimum absolute atomic E-state index is 0.0636. The van der Waals surface area contributed by atoms with Gasteiger partial charge in [0.05, 0.1) is 13.7 Å². The molecule has 1 amide bonds. The van der Waals surface area contributed by atoms with Crippen LogP contribution in [0.1, 0.15) is 26.3 Å². The molecule has 6 nitrogen and oxygen atoms in total. The summed E-state index contributed by atoms with van der Waals surface area (Å²) in [6.07, 6.45) is 0. The van der Waals surface area contributed by atoms with Crippen molar-refractivity contribution in [2.24, 2.45) is 0 Å². The lowest BCUT2D eigenvalue weighted by Gasteiger charge is -2.21. The van der Waals surface area contributed by atoms with Gasteiger partial charge in [0.1, 0.15) is 0 Å². The quantitative estimate of drug-likeness (QED) is 0.626. The Balaban J connectivity index is 2.76. The van der Waals surface area contributed by atoms with Crippen molar-refractivity contribution in [3.63, 3.8) is 0 Å². The molecule has 3 N–H and O–H groups in total. The molecule has 0 spiro atoms. The molecule has 0 aliphatic carbocycles. The number of carbonyl (C=O) groups is 1. The van der Waals surface area contributed by atoms with Crippen LogP contribution in [0.2, 0.25) is 0 Å². The van der Waals surface area contributed by atoms with Gasteiger partial charge in [-0.15, -0.1) is 0 Å². The van der Waals surface area contributed by atoms with Gasteiger partial charge < -0.3 is 25.2 Å². The summed E-state index contributed by atoms with van der Waals surface area (Å²) in [5, 5.41) is 14.8. The molecule has 6 heteroatoms. The van der Waals surface area contributed by atoms with Crippen LogP contribution in [0.25, 0.3) is 0 Å². The fourth-order valence-corrected chi connectivity index (χ4v) is 1.92. The molecule has 1 aromatic rings. The first-order valence-electron chi connectivity index (χ1n) is 7.28. The van der Waals surface area contributed by atoms with E-state index in [1.165, 1.54) is 0 Å². The molecule has 0 fully saturated rings. The summed E-state index contributed by atoms with van der Waals surface area (Å²) >= 11 is 0. The Morgan fingerprint density at radius 1 is 1.32 bits per heavy atom. The highest BCUT2D eigenvalue weighted by atomic mass is 16.5. The third kappa shape index (κ3) is 6.32. The molecule has 22 heavy (non-hydrogen) atoms. The number of hydrogen-bond donors (Lipinski definition) is 3. The average molecular weight is 310 g/mol. The zero-order chi connectivity index (χ0) is 16.6. The van der Waals surface area contributed by atoms with Crippen LogP contribution in [0.3, 0.4) is 0 Å². The number of methoxy groups -OCH3 is 1. The van der Waals surface area contributed by atoms with Crippen molar-refractivity contribution in [1.29, 1.82) is 0 Å². The van der Waals surface area contributed by atoms with E-state index in [1.807, 2.05) is 32.9 Å². The van der Waals surface area contributed by atoms with Crippen LogP contribution < -0.4 is 20.1 Å². The normalized spacial score (nSPS) is 11.1. The van der Waals surface area contributed by atoms with Crippen LogP contribution in [0, 0.1) is 0 Å². The van der Waals surface area contributed by atoms with Gasteiger partial charge in [-0.05, 0) is 26.8 Å². The summed E-state index contributed by atoms with van der Waals surface area (Å²) < 4.78 is 10.9. The monoisotopic (exact) mass is 310 g/mol. The van der Waals surface area contributed by atoms with E-state index in [0.29, 0.717) is 24.6 Å². The standard InChI is InChI=1S/C16H26N2O4/c1-16(2,3)18-14(20)11-22-15-12(10-17-8-9-19)6-5-7-13(15)21-4/h5-7,17,19H,8-11H2,1-4H3,(H,18,20). The van der Waals surface area contributed by atoms with Crippen molar-refractivity contribution in [3.8, 4) is 11.5 Å². The molecule has 0 heterocycles. The number of aliphatic hydroxyl groups excluding tert-OH is 1. The second-order valence-electron chi connectivity index (χ2n) is 5.94. The molecule has 0 unspecified atom stereocenters. The van der Waals surface area contributed by atoms with Gasteiger partial charge in [0.25, 0.3) is 5.91 Å². The van der Waals surface area contributed by atoms with E-state index in [4.69, 9.17) is 14.6 Å². The molecule has 0 aliphatic heterocycles. The van der Waals surface area contributed by atoms with Gasteiger partial charge >= 0.3 is 0 Å². The molecule has 0 saturated heterocycles. The highest BCUT2D eigenvalue weighted by Gasteiger charge is 2.16. The summed E-state index contributed by atoms with van der Waals surface area (Å²) in [5.74, 6) is 0.930. The second kappa shape index (κ2) is 8.60. The first-order chi connectivity index (χ1) is 10.4. The molecular weight excluding hydrogens is 284 g/mol. The predicted molar refractivity (Wildman–Crippen MR) is 85.2 cm³/mol. The number of amides is 1. The van der Waals surface area contributed by atoms with Crippen LogP contribution in [-0.4, -0.2) is 43.4 Å². The molecular formula is C16H26N2O4. The molecule has 0 aromatic heterocycles. The SMILES string of the molecule is COc1cccc(CNCCO)c1OCC(=O)NC(C)(C)C. The van der Waals surface area contributed by atoms with Gasteiger partial charge in [-0.3, -0.25) is 4.79 Å². The number of rotatable bonds is 8. The third-order valence-electron chi connectivity index (χ3n) is 2.75. The number of aliphatic hydroxyl groups is 1. The van der Waals surface area contributed by atoms with Gasteiger partial charge in [0.2, 0.25) is 0 Å². The zero-order valence-electron chi connectivity index (χ0n) is 13.7. The van der Waals surface area contributed by atoms with Crippen molar-refractivity contribution < 1.29 is 19.4 Å². The summed E-state index contributed by atoms with van der Waals surface area (Å²) in [5.41, 5.74) is 0.573. The maximum absolute atomic E-state index is 11.9. The van der Waals surface area contributed by atoms with Crippen molar-refractivity contribution >= 4 is 5.91 Å². The van der Waals surface area contributed by atoms with E-state index < -0.39 is 0 Å². The molecule has 0 radical (unpaired) electrons. The van der Waals surface area contributed by atoms with E-state index in [2.05, 4.69) is 10.6 Å². The Hall–Kier alpha value is -1.79. The lowest BCUT2D eigenvalue weighted by atomic mass is 10.1. The highest BCUT2D eigenvalue weighted by molar-refractivity contribution is 5.78. The smallest absolute Gasteiger partial charge is 0.258 e. The average Bonchev–Trinajstić information content (AvgIpc) is 2.44. The van der Waals surface area contributed by atoms with Gasteiger partial charge in [0.15, 0.2) is 18.1 Å². The third-order valence-corrected chi connectivity index (χ3v) is 2.75. The van der Waals surface area contributed by atoms with Crippen LogP contribution in [0.5, 0.6) is 11.5 Å². The topological polar surface area (TPSA) is 79.8 Å². The number of carbonyl (C=O) groups excluding carboxylic acids is 1. The van der Waals surface area contributed by atoms with E-state index in [0.717, 1.165) is 5.56 Å². The number of benzene rings is 1. The predicted octanol–water partition coefficient (Wildman–Crippen LogP) is 1.07. The Bertz CT molecular complexity index is 484. The fraction of sp³-hybridized carbons (Fsp3) is 0.562. The Morgan fingerprint density at radius 3 is 2.64 bits per heavy atom. The summed E-state index contributed by atoms with van der Waals surface area (Å²) in [7, 11) is 1.56. The zero-order valence-corrected chi connectivity index (χ0v) is 13.7. The second-order valence-corrected chi connectivity index (χ2v) is 5.94. The molecule has 1 rings (SSSR count). The van der Waals surface area contributed by atoms with E-state index >= 15 is 0 Å². The number of para-hydroxylation sites is 1. The Labute approximate surface area is 131 Å².